The summed E-state index contributed by atoms with van der Waals surface area (Å²) in [6.45, 7) is 13.5. The fourth-order valence-corrected chi connectivity index (χ4v) is 4.18. The van der Waals surface area contributed by atoms with Crippen molar-refractivity contribution in [3.8, 4) is 0 Å². The molecule has 140 valence electrons. The van der Waals surface area contributed by atoms with Crippen LogP contribution in [0.1, 0.15) is 31.4 Å². The Balaban J connectivity index is 1.73. The molecule has 0 bridgehead atoms. The summed E-state index contributed by atoms with van der Waals surface area (Å²) in [5.41, 5.74) is 5.31. The van der Waals surface area contributed by atoms with E-state index in [2.05, 4.69) is 91.3 Å². The zero-order valence-corrected chi connectivity index (χ0v) is 16.7. The molecule has 1 saturated heterocycles. The summed E-state index contributed by atoms with van der Waals surface area (Å²) in [6.07, 6.45) is 1.17. The lowest BCUT2D eigenvalue weighted by molar-refractivity contribution is 0.173. The molecule has 0 aromatic heterocycles. The maximum atomic E-state index is 3.62. The Morgan fingerprint density at radius 2 is 1.38 bits per heavy atom. The van der Waals surface area contributed by atoms with Crippen LogP contribution < -0.4 is 10.2 Å². The molecule has 2 aromatic rings. The first-order valence-electron chi connectivity index (χ1n) is 9.92. The number of rotatable bonds is 6. The molecular weight excluding hydrogens is 318 g/mol. The molecule has 0 aliphatic carbocycles. The summed E-state index contributed by atoms with van der Waals surface area (Å²) in [5, 5.41) is 3.62. The summed E-state index contributed by atoms with van der Waals surface area (Å²) in [6, 6.07) is 18.6. The third-order valence-corrected chi connectivity index (χ3v) is 5.30. The molecule has 2 aromatic carbocycles. The highest BCUT2D eigenvalue weighted by Crippen LogP contribution is 2.30. The number of hydrogen-bond acceptors (Lipinski definition) is 3. The Kier molecular flexibility index (Phi) is 6.33. The normalized spacial score (nSPS) is 20.9. The molecule has 3 rings (SSSR count). The highest BCUT2D eigenvalue weighted by atomic mass is 15.2. The first kappa shape index (κ1) is 18.9. The van der Waals surface area contributed by atoms with Gasteiger partial charge in [0.1, 0.15) is 0 Å². The van der Waals surface area contributed by atoms with Gasteiger partial charge < -0.3 is 15.1 Å². The van der Waals surface area contributed by atoms with Gasteiger partial charge in [0.25, 0.3) is 0 Å². The lowest BCUT2D eigenvalue weighted by Crippen LogP contribution is -2.54. The summed E-state index contributed by atoms with van der Waals surface area (Å²) in [7, 11) is 0. The smallest absolute Gasteiger partial charge is 0.0440 e. The third-order valence-electron chi connectivity index (χ3n) is 5.30. The minimum absolute atomic E-state index is 0.586. The SMILES string of the molecule is Cc1ccccc1N(CCCN1C[C@@H](C)N[C@@H](C)C1)c1ccccc1C. The summed E-state index contributed by atoms with van der Waals surface area (Å²) < 4.78 is 0. The zero-order chi connectivity index (χ0) is 18.5. The van der Waals surface area contributed by atoms with E-state index < -0.39 is 0 Å². The Bertz CT molecular complexity index is 657. The molecule has 1 aliphatic rings. The highest BCUT2D eigenvalue weighted by molar-refractivity contribution is 5.68. The predicted molar refractivity (Wildman–Crippen MR) is 112 cm³/mol. The van der Waals surface area contributed by atoms with Crippen LogP contribution in [0.2, 0.25) is 0 Å². The highest BCUT2D eigenvalue weighted by Gasteiger charge is 2.21. The maximum Gasteiger partial charge on any atom is 0.0440 e. The van der Waals surface area contributed by atoms with E-state index in [-0.39, 0.29) is 0 Å². The van der Waals surface area contributed by atoms with Gasteiger partial charge in [0.2, 0.25) is 0 Å². The van der Waals surface area contributed by atoms with E-state index in [9.17, 15) is 0 Å². The molecule has 2 atom stereocenters. The Labute approximate surface area is 159 Å². The van der Waals surface area contributed by atoms with E-state index in [1.165, 1.54) is 28.9 Å². The average Bonchev–Trinajstić information content (AvgIpc) is 2.60. The average molecular weight is 352 g/mol. The number of aryl methyl sites for hydroxylation is 2. The second kappa shape index (κ2) is 8.70. The van der Waals surface area contributed by atoms with Gasteiger partial charge in [-0.25, -0.2) is 0 Å². The summed E-state index contributed by atoms with van der Waals surface area (Å²) >= 11 is 0. The van der Waals surface area contributed by atoms with Crippen molar-refractivity contribution < 1.29 is 0 Å². The molecule has 0 amide bonds. The first-order chi connectivity index (χ1) is 12.5. The van der Waals surface area contributed by atoms with Crippen molar-refractivity contribution in [2.75, 3.05) is 31.1 Å². The molecule has 3 nitrogen and oxygen atoms in total. The lowest BCUT2D eigenvalue weighted by Gasteiger charge is -2.36. The second-order valence-electron chi connectivity index (χ2n) is 7.81. The van der Waals surface area contributed by atoms with E-state index in [0.717, 1.165) is 26.2 Å². The fraction of sp³-hybridized carbons (Fsp3) is 0.478. The number of anilines is 2. The third kappa shape index (κ3) is 4.66. The van der Waals surface area contributed by atoms with Gasteiger partial charge in [-0.3, -0.25) is 0 Å². The molecule has 3 heteroatoms. The molecule has 0 unspecified atom stereocenters. The van der Waals surface area contributed by atoms with Crippen LogP contribution in [-0.2, 0) is 0 Å². The first-order valence-corrected chi connectivity index (χ1v) is 9.92. The van der Waals surface area contributed by atoms with Gasteiger partial charge in [-0.05, 0) is 63.9 Å². The fourth-order valence-electron chi connectivity index (χ4n) is 4.18. The van der Waals surface area contributed by atoms with Gasteiger partial charge >= 0.3 is 0 Å². The van der Waals surface area contributed by atoms with Crippen LogP contribution in [0.5, 0.6) is 0 Å². The number of piperazine rings is 1. The van der Waals surface area contributed by atoms with E-state index in [4.69, 9.17) is 0 Å². The van der Waals surface area contributed by atoms with E-state index in [1.54, 1.807) is 0 Å². The largest absolute Gasteiger partial charge is 0.341 e. The van der Waals surface area contributed by atoms with Crippen LogP contribution >= 0.6 is 0 Å². The lowest BCUT2D eigenvalue weighted by atomic mass is 10.1. The minimum Gasteiger partial charge on any atom is -0.341 e. The second-order valence-corrected chi connectivity index (χ2v) is 7.81. The Morgan fingerprint density at radius 3 is 1.88 bits per heavy atom. The van der Waals surface area contributed by atoms with Crippen molar-refractivity contribution in [1.82, 2.24) is 10.2 Å². The molecule has 0 radical (unpaired) electrons. The van der Waals surface area contributed by atoms with E-state index in [1.807, 2.05) is 0 Å². The van der Waals surface area contributed by atoms with Crippen LogP contribution in [0.3, 0.4) is 0 Å². The Hall–Kier alpha value is -1.84. The van der Waals surface area contributed by atoms with Crippen molar-refractivity contribution >= 4 is 11.4 Å². The van der Waals surface area contributed by atoms with Crippen LogP contribution in [0, 0.1) is 13.8 Å². The van der Waals surface area contributed by atoms with Crippen molar-refractivity contribution in [1.29, 1.82) is 0 Å². The van der Waals surface area contributed by atoms with Crippen molar-refractivity contribution in [3.05, 3.63) is 59.7 Å². The predicted octanol–water partition coefficient (Wildman–Crippen LogP) is 4.51. The van der Waals surface area contributed by atoms with Crippen molar-refractivity contribution in [3.63, 3.8) is 0 Å². The van der Waals surface area contributed by atoms with Gasteiger partial charge in [-0.2, -0.15) is 0 Å². The van der Waals surface area contributed by atoms with Crippen LogP contribution in [0.25, 0.3) is 0 Å². The van der Waals surface area contributed by atoms with Crippen LogP contribution in [0.15, 0.2) is 48.5 Å². The van der Waals surface area contributed by atoms with Gasteiger partial charge in [0.05, 0.1) is 0 Å². The summed E-state index contributed by atoms with van der Waals surface area (Å²) in [4.78, 5) is 5.11. The number of benzene rings is 2. The summed E-state index contributed by atoms with van der Waals surface area (Å²) in [5.74, 6) is 0. The number of nitrogens with zero attached hydrogens (tertiary/aromatic N) is 2. The molecular formula is C23H33N3. The number of hydrogen-bond donors (Lipinski definition) is 1. The molecule has 1 N–H and O–H groups in total. The molecule has 0 saturated carbocycles. The Morgan fingerprint density at radius 1 is 0.885 bits per heavy atom. The molecule has 1 aliphatic heterocycles. The monoisotopic (exact) mass is 351 g/mol. The molecule has 26 heavy (non-hydrogen) atoms. The van der Waals surface area contributed by atoms with Gasteiger partial charge in [0, 0.05) is 43.1 Å². The van der Waals surface area contributed by atoms with E-state index in [0.29, 0.717) is 12.1 Å². The van der Waals surface area contributed by atoms with Gasteiger partial charge in [-0.1, -0.05) is 36.4 Å². The molecule has 1 heterocycles. The van der Waals surface area contributed by atoms with Crippen LogP contribution in [0.4, 0.5) is 11.4 Å². The van der Waals surface area contributed by atoms with Crippen molar-refractivity contribution in [2.24, 2.45) is 0 Å². The molecule has 0 spiro atoms. The standard InChI is InChI=1S/C23H33N3/c1-18-10-5-7-12-22(18)26(23-13-8-6-11-19(23)2)15-9-14-25-16-20(3)24-21(4)17-25/h5-8,10-13,20-21,24H,9,14-17H2,1-4H3/t20-,21+. The maximum absolute atomic E-state index is 3.62. The van der Waals surface area contributed by atoms with E-state index >= 15 is 0 Å². The van der Waals surface area contributed by atoms with Gasteiger partial charge in [-0.15, -0.1) is 0 Å². The quantitative estimate of drug-likeness (QED) is 0.826. The number of para-hydroxylation sites is 2. The molecule has 1 fully saturated rings. The van der Waals surface area contributed by atoms with Crippen LogP contribution in [-0.4, -0.2) is 43.2 Å². The topological polar surface area (TPSA) is 18.5 Å². The van der Waals surface area contributed by atoms with Crippen molar-refractivity contribution in [2.45, 2.75) is 46.2 Å². The minimum atomic E-state index is 0.586. The zero-order valence-electron chi connectivity index (χ0n) is 16.7. The number of nitrogens with one attached hydrogen (secondary N) is 1. The van der Waals surface area contributed by atoms with Gasteiger partial charge in [0.15, 0.2) is 0 Å².